The van der Waals surface area contributed by atoms with E-state index < -0.39 is 0 Å². The number of aryl methyl sites for hydroxylation is 1. The van der Waals surface area contributed by atoms with Crippen molar-refractivity contribution >= 4 is 23.2 Å². The lowest BCUT2D eigenvalue weighted by atomic mass is 10.1. The first-order valence-corrected chi connectivity index (χ1v) is 8.60. The minimum absolute atomic E-state index is 0.196. The third kappa shape index (κ3) is 3.73. The van der Waals surface area contributed by atoms with Gasteiger partial charge in [0.25, 0.3) is 5.91 Å². The van der Waals surface area contributed by atoms with Crippen molar-refractivity contribution in [3.05, 3.63) is 76.1 Å². The monoisotopic (exact) mass is 369 g/mol. The summed E-state index contributed by atoms with van der Waals surface area (Å²) in [5.41, 5.74) is 3.67. The zero-order valence-electron chi connectivity index (χ0n) is 14.9. The average molecular weight is 370 g/mol. The molecule has 1 aromatic heterocycles. The Morgan fingerprint density at radius 1 is 1.19 bits per heavy atom. The maximum atomic E-state index is 12.8. The minimum Gasteiger partial charge on any atom is -0.497 e. The summed E-state index contributed by atoms with van der Waals surface area (Å²) in [4.78, 5) is 12.8. The molecule has 0 atom stereocenters. The number of nitrogens with zero attached hydrogens (tertiary/aromatic N) is 2. The fourth-order valence-corrected chi connectivity index (χ4v) is 3.06. The number of rotatable bonds is 5. The highest BCUT2D eigenvalue weighted by atomic mass is 35.5. The standard InChI is InChI=1S/C20H20ClN3O2/c1-13-19(20(25)22-16-8-6-9-17(11-16)26-3)14(2)24(23-13)12-15-7-4-5-10-18(15)21/h4-11H,12H2,1-3H3,(H,22,25). The van der Waals surface area contributed by atoms with Crippen LogP contribution in [-0.2, 0) is 6.54 Å². The molecule has 6 heteroatoms. The Balaban J connectivity index is 1.85. The Kier molecular flexibility index (Phi) is 5.28. The van der Waals surface area contributed by atoms with Gasteiger partial charge in [0.2, 0.25) is 0 Å². The zero-order valence-corrected chi connectivity index (χ0v) is 15.7. The van der Waals surface area contributed by atoms with Crippen molar-refractivity contribution in [1.29, 1.82) is 0 Å². The molecule has 0 aliphatic rings. The second-order valence-corrected chi connectivity index (χ2v) is 6.39. The first-order chi connectivity index (χ1) is 12.5. The lowest BCUT2D eigenvalue weighted by Gasteiger charge is -2.09. The summed E-state index contributed by atoms with van der Waals surface area (Å²) in [5, 5.41) is 8.10. The fourth-order valence-electron chi connectivity index (χ4n) is 2.86. The molecule has 1 amide bonds. The fraction of sp³-hybridized carbons (Fsp3) is 0.200. The normalized spacial score (nSPS) is 10.6. The molecule has 0 bridgehead atoms. The first-order valence-electron chi connectivity index (χ1n) is 8.22. The van der Waals surface area contributed by atoms with Crippen LogP contribution in [0.15, 0.2) is 48.5 Å². The molecule has 0 radical (unpaired) electrons. The highest BCUT2D eigenvalue weighted by Crippen LogP contribution is 2.22. The lowest BCUT2D eigenvalue weighted by Crippen LogP contribution is -2.14. The zero-order chi connectivity index (χ0) is 18.7. The van der Waals surface area contributed by atoms with E-state index in [0.717, 1.165) is 11.3 Å². The minimum atomic E-state index is -0.196. The number of benzene rings is 2. The second-order valence-electron chi connectivity index (χ2n) is 5.98. The van der Waals surface area contributed by atoms with Crippen molar-refractivity contribution in [2.24, 2.45) is 0 Å². The van der Waals surface area contributed by atoms with E-state index in [1.165, 1.54) is 0 Å². The van der Waals surface area contributed by atoms with Gasteiger partial charge in [0.15, 0.2) is 0 Å². The maximum absolute atomic E-state index is 12.8. The number of ether oxygens (including phenoxy) is 1. The summed E-state index contributed by atoms with van der Waals surface area (Å²) in [6, 6.07) is 14.9. The molecule has 0 unspecified atom stereocenters. The largest absolute Gasteiger partial charge is 0.497 e. The average Bonchev–Trinajstić information content (AvgIpc) is 2.90. The van der Waals surface area contributed by atoms with Crippen LogP contribution in [0.5, 0.6) is 5.75 Å². The van der Waals surface area contributed by atoms with Crippen LogP contribution < -0.4 is 10.1 Å². The summed E-state index contributed by atoms with van der Waals surface area (Å²) in [7, 11) is 1.59. The molecule has 5 nitrogen and oxygen atoms in total. The Labute approximate surface area is 157 Å². The number of hydrogen-bond acceptors (Lipinski definition) is 3. The molecule has 0 aliphatic carbocycles. The summed E-state index contributed by atoms with van der Waals surface area (Å²) < 4.78 is 6.99. The Morgan fingerprint density at radius 3 is 2.69 bits per heavy atom. The molecule has 0 aliphatic heterocycles. The summed E-state index contributed by atoms with van der Waals surface area (Å²) in [5.74, 6) is 0.490. The first kappa shape index (κ1) is 18.0. The van der Waals surface area contributed by atoms with Gasteiger partial charge in [-0.15, -0.1) is 0 Å². The predicted molar refractivity (Wildman–Crippen MR) is 103 cm³/mol. The van der Waals surface area contributed by atoms with Gasteiger partial charge in [0.05, 0.1) is 24.9 Å². The van der Waals surface area contributed by atoms with Gasteiger partial charge in [0, 0.05) is 22.5 Å². The molecule has 3 aromatic rings. The summed E-state index contributed by atoms with van der Waals surface area (Å²) in [6.45, 7) is 4.23. The SMILES string of the molecule is COc1cccc(NC(=O)c2c(C)nn(Cc3ccccc3Cl)c2C)c1. The van der Waals surface area contributed by atoms with Crippen molar-refractivity contribution < 1.29 is 9.53 Å². The number of anilines is 1. The van der Waals surface area contributed by atoms with E-state index in [1.807, 2.05) is 56.3 Å². The quantitative estimate of drug-likeness (QED) is 0.722. The third-order valence-electron chi connectivity index (χ3n) is 4.21. The molecule has 0 spiro atoms. The highest BCUT2D eigenvalue weighted by molar-refractivity contribution is 6.31. The van der Waals surface area contributed by atoms with Crippen molar-refractivity contribution in [2.45, 2.75) is 20.4 Å². The number of carbonyl (C=O) groups is 1. The van der Waals surface area contributed by atoms with Gasteiger partial charge in [-0.25, -0.2) is 0 Å². The Hall–Kier alpha value is -2.79. The van der Waals surface area contributed by atoms with Crippen LogP contribution in [0.25, 0.3) is 0 Å². The molecule has 0 saturated heterocycles. The summed E-state index contributed by atoms with van der Waals surface area (Å²) >= 11 is 6.24. The van der Waals surface area contributed by atoms with E-state index in [-0.39, 0.29) is 5.91 Å². The van der Waals surface area contributed by atoms with E-state index >= 15 is 0 Å². The van der Waals surface area contributed by atoms with E-state index in [9.17, 15) is 4.79 Å². The molecule has 1 N–H and O–H groups in total. The number of methoxy groups -OCH3 is 1. The number of hydrogen-bond donors (Lipinski definition) is 1. The third-order valence-corrected chi connectivity index (χ3v) is 4.58. The molecule has 0 fully saturated rings. The van der Waals surface area contributed by atoms with Crippen molar-refractivity contribution in [1.82, 2.24) is 9.78 Å². The van der Waals surface area contributed by atoms with Crippen LogP contribution in [0.1, 0.15) is 27.3 Å². The van der Waals surface area contributed by atoms with E-state index in [2.05, 4.69) is 10.4 Å². The van der Waals surface area contributed by atoms with Gasteiger partial charge < -0.3 is 10.1 Å². The van der Waals surface area contributed by atoms with Gasteiger partial charge in [-0.3, -0.25) is 9.48 Å². The summed E-state index contributed by atoms with van der Waals surface area (Å²) in [6.07, 6.45) is 0. The molecular weight excluding hydrogens is 350 g/mol. The van der Waals surface area contributed by atoms with Gasteiger partial charge in [0.1, 0.15) is 5.75 Å². The van der Waals surface area contributed by atoms with Crippen LogP contribution >= 0.6 is 11.6 Å². The van der Waals surface area contributed by atoms with Crippen LogP contribution in [0.3, 0.4) is 0 Å². The maximum Gasteiger partial charge on any atom is 0.259 e. The van der Waals surface area contributed by atoms with Crippen LogP contribution in [0.4, 0.5) is 5.69 Å². The van der Waals surface area contributed by atoms with Crippen LogP contribution in [-0.4, -0.2) is 22.8 Å². The van der Waals surface area contributed by atoms with Crippen molar-refractivity contribution in [2.75, 3.05) is 12.4 Å². The Bertz CT molecular complexity index is 950. The van der Waals surface area contributed by atoms with Crippen molar-refractivity contribution in [3.8, 4) is 5.75 Å². The smallest absolute Gasteiger partial charge is 0.259 e. The number of aromatic nitrogens is 2. The lowest BCUT2D eigenvalue weighted by molar-refractivity contribution is 0.102. The van der Waals surface area contributed by atoms with Crippen molar-refractivity contribution in [3.63, 3.8) is 0 Å². The molecule has 3 rings (SSSR count). The number of nitrogens with one attached hydrogen (secondary N) is 1. The van der Waals surface area contributed by atoms with Crippen LogP contribution in [0, 0.1) is 13.8 Å². The molecule has 134 valence electrons. The topological polar surface area (TPSA) is 56.1 Å². The molecular formula is C20H20ClN3O2. The van der Waals surface area contributed by atoms with Gasteiger partial charge >= 0.3 is 0 Å². The van der Waals surface area contributed by atoms with Crippen LogP contribution in [0.2, 0.25) is 5.02 Å². The molecule has 2 aromatic carbocycles. The highest BCUT2D eigenvalue weighted by Gasteiger charge is 2.19. The van der Waals surface area contributed by atoms with Gasteiger partial charge in [-0.1, -0.05) is 35.9 Å². The van der Waals surface area contributed by atoms with E-state index in [4.69, 9.17) is 16.3 Å². The Morgan fingerprint density at radius 2 is 1.96 bits per heavy atom. The number of carbonyl (C=O) groups excluding carboxylic acids is 1. The van der Waals surface area contributed by atoms with E-state index in [1.54, 1.807) is 17.9 Å². The van der Waals surface area contributed by atoms with E-state index in [0.29, 0.717) is 34.3 Å². The predicted octanol–water partition coefficient (Wildman–Crippen LogP) is 4.46. The number of amides is 1. The molecule has 26 heavy (non-hydrogen) atoms. The van der Waals surface area contributed by atoms with Gasteiger partial charge in [-0.05, 0) is 37.6 Å². The second kappa shape index (κ2) is 7.62. The molecule has 1 heterocycles. The molecule has 0 saturated carbocycles. The van der Waals surface area contributed by atoms with Gasteiger partial charge in [-0.2, -0.15) is 5.10 Å². The number of halogens is 1.